The highest BCUT2D eigenvalue weighted by Gasteiger charge is 2.37. The number of carbonyl (C=O) groups is 1. The number of hydrogen-bond donors (Lipinski definition) is 0. The second-order valence-electron chi connectivity index (χ2n) is 7.48. The molecule has 0 aromatic heterocycles. The van der Waals surface area contributed by atoms with E-state index in [9.17, 15) is 4.79 Å². The number of ketones is 1. The summed E-state index contributed by atoms with van der Waals surface area (Å²) in [5, 5.41) is 0. The molecule has 0 N–H and O–H groups in total. The zero-order valence-electron chi connectivity index (χ0n) is 17.1. The lowest BCUT2D eigenvalue weighted by molar-refractivity contribution is -0.128. The first kappa shape index (κ1) is 21.4. The SMILES string of the molecule is COc1ccc(CO[C@@H]2C=CC(=O)C(C(C)=CCCC(C)C)C2OC)cc1. The minimum absolute atomic E-state index is 0.0874. The van der Waals surface area contributed by atoms with E-state index in [0.29, 0.717) is 12.5 Å². The number of hydrogen-bond acceptors (Lipinski definition) is 4. The lowest BCUT2D eigenvalue weighted by Gasteiger charge is -2.33. The summed E-state index contributed by atoms with van der Waals surface area (Å²) in [5.41, 5.74) is 2.12. The predicted molar refractivity (Wildman–Crippen MR) is 108 cm³/mol. The van der Waals surface area contributed by atoms with Crippen LogP contribution in [-0.4, -0.2) is 32.2 Å². The van der Waals surface area contributed by atoms with Crippen LogP contribution in [-0.2, 0) is 20.9 Å². The minimum Gasteiger partial charge on any atom is -0.497 e. The van der Waals surface area contributed by atoms with Gasteiger partial charge in [-0.2, -0.15) is 0 Å². The smallest absolute Gasteiger partial charge is 0.165 e. The van der Waals surface area contributed by atoms with Gasteiger partial charge < -0.3 is 14.2 Å². The maximum atomic E-state index is 12.5. The Hall–Kier alpha value is -1.91. The number of methoxy groups -OCH3 is 2. The summed E-state index contributed by atoms with van der Waals surface area (Å²) in [6.07, 6.45) is 7.16. The molecule has 1 aromatic carbocycles. The summed E-state index contributed by atoms with van der Waals surface area (Å²) in [5.74, 6) is 1.27. The van der Waals surface area contributed by atoms with Crippen molar-refractivity contribution in [1.82, 2.24) is 0 Å². The highest BCUT2D eigenvalue weighted by atomic mass is 16.5. The standard InChI is InChI=1S/C23H32O4/c1-16(2)7-6-8-17(3)22-20(24)13-14-21(23(22)26-5)27-15-18-9-11-19(25-4)12-10-18/h8-14,16,21-23H,6-7,15H2,1-5H3/t21-,22?,23?/m1/s1. The van der Waals surface area contributed by atoms with E-state index in [1.54, 1.807) is 20.3 Å². The van der Waals surface area contributed by atoms with Crippen molar-refractivity contribution in [3.63, 3.8) is 0 Å². The van der Waals surface area contributed by atoms with Crippen LogP contribution < -0.4 is 4.74 Å². The molecule has 0 saturated carbocycles. The lowest BCUT2D eigenvalue weighted by atomic mass is 9.82. The maximum absolute atomic E-state index is 12.5. The van der Waals surface area contributed by atoms with Crippen LogP contribution in [0.1, 0.15) is 39.2 Å². The Balaban J connectivity index is 2.05. The fourth-order valence-electron chi connectivity index (χ4n) is 3.34. The first-order valence-electron chi connectivity index (χ1n) is 9.62. The average Bonchev–Trinajstić information content (AvgIpc) is 2.66. The monoisotopic (exact) mass is 372 g/mol. The van der Waals surface area contributed by atoms with Gasteiger partial charge in [0.1, 0.15) is 18.0 Å². The van der Waals surface area contributed by atoms with Crippen molar-refractivity contribution in [1.29, 1.82) is 0 Å². The van der Waals surface area contributed by atoms with Crippen molar-refractivity contribution in [2.75, 3.05) is 14.2 Å². The molecule has 1 aromatic rings. The zero-order valence-corrected chi connectivity index (χ0v) is 17.1. The van der Waals surface area contributed by atoms with E-state index < -0.39 is 0 Å². The molecule has 0 aliphatic heterocycles. The van der Waals surface area contributed by atoms with E-state index in [0.717, 1.165) is 29.7 Å². The van der Waals surface area contributed by atoms with Gasteiger partial charge in [0.15, 0.2) is 5.78 Å². The van der Waals surface area contributed by atoms with Crippen LogP contribution in [0.2, 0.25) is 0 Å². The summed E-state index contributed by atoms with van der Waals surface area (Å²) in [4.78, 5) is 12.5. The molecular weight excluding hydrogens is 340 g/mol. The third-order valence-electron chi connectivity index (χ3n) is 4.98. The van der Waals surface area contributed by atoms with Gasteiger partial charge in [0.2, 0.25) is 0 Å². The molecule has 0 spiro atoms. The Morgan fingerprint density at radius 1 is 1.19 bits per heavy atom. The third kappa shape index (κ3) is 6.05. The highest BCUT2D eigenvalue weighted by molar-refractivity contribution is 5.95. The maximum Gasteiger partial charge on any atom is 0.165 e. The predicted octanol–water partition coefficient (Wildman–Crippen LogP) is 4.73. The van der Waals surface area contributed by atoms with Crippen molar-refractivity contribution >= 4 is 5.78 Å². The fraction of sp³-hybridized carbons (Fsp3) is 0.522. The van der Waals surface area contributed by atoms with Crippen LogP contribution in [0.3, 0.4) is 0 Å². The van der Waals surface area contributed by atoms with Gasteiger partial charge in [-0.1, -0.05) is 37.6 Å². The fourth-order valence-corrected chi connectivity index (χ4v) is 3.34. The van der Waals surface area contributed by atoms with Crippen LogP contribution >= 0.6 is 0 Å². The topological polar surface area (TPSA) is 44.8 Å². The molecular formula is C23H32O4. The molecule has 0 amide bonds. The Kier molecular flexibility index (Phi) is 8.26. The van der Waals surface area contributed by atoms with E-state index in [2.05, 4.69) is 19.9 Å². The van der Waals surface area contributed by atoms with Gasteiger partial charge >= 0.3 is 0 Å². The number of allylic oxidation sites excluding steroid dienone is 2. The number of rotatable bonds is 9. The van der Waals surface area contributed by atoms with Crippen molar-refractivity contribution < 1.29 is 19.0 Å². The Bertz CT molecular complexity index is 657. The van der Waals surface area contributed by atoms with Crippen molar-refractivity contribution in [2.24, 2.45) is 11.8 Å². The molecule has 1 aliphatic rings. The van der Waals surface area contributed by atoms with E-state index in [4.69, 9.17) is 14.2 Å². The quantitative estimate of drug-likeness (QED) is 0.588. The molecule has 0 saturated heterocycles. The molecule has 148 valence electrons. The lowest BCUT2D eigenvalue weighted by Crippen LogP contribution is -2.43. The van der Waals surface area contributed by atoms with Gasteiger partial charge in [-0.3, -0.25) is 4.79 Å². The van der Waals surface area contributed by atoms with Gasteiger partial charge in [-0.15, -0.1) is 0 Å². The third-order valence-corrected chi connectivity index (χ3v) is 4.98. The van der Waals surface area contributed by atoms with Crippen molar-refractivity contribution in [3.8, 4) is 5.75 Å². The molecule has 2 unspecified atom stereocenters. The number of carbonyl (C=O) groups excluding carboxylic acids is 1. The Morgan fingerprint density at radius 2 is 1.89 bits per heavy atom. The van der Waals surface area contributed by atoms with Crippen molar-refractivity contribution in [3.05, 3.63) is 53.6 Å². The normalized spacial score (nSPS) is 23.1. The van der Waals surface area contributed by atoms with E-state index in [-0.39, 0.29) is 23.9 Å². The molecule has 2 rings (SSSR count). The second kappa shape index (κ2) is 10.4. The van der Waals surface area contributed by atoms with Gasteiger partial charge in [0, 0.05) is 7.11 Å². The van der Waals surface area contributed by atoms with E-state index in [1.165, 1.54) is 0 Å². The van der Waals surface area contributed by atoms with E-state index >= 15 is 0 Å². The summed E-state index contributed by atoms with van der Waals surface area (Å²) >= 11 is 0. The molecule has 27 heavy (non-hydrogen) atoms. The molecule has 0 heterocycles. The summed E-state index contributed by atoms with van der Waals surface area (Å²) in [6.45, 7) is 6.89. The first-order chi connectivity index (χ1) is 13.0. The zero-order chi connectivity index (χ0) is 19.8. The minimum atomic E-state index is -0.309. The second-order valence-corrected chi connectivity index (χ2v) is 7.48. The number of benzene rings is 1. The molecule has 4 nitrogen and oxygen atoms in total. The van der Waals surface area contributed by atoms with Crippen LogP contribution in [0.25, 0.3) is 0 Å². The summed E-state index contributed by atoms with van der Waals surface area (Å²) in [7, 11) is 3.30. The van der Waals surface area contributed by atoms with Crippen LogP contribution in [0, 0.1) is 11.8 Å². The molecule has 0 bridgehead atoms. The van der Waals surface area contributed by atoms with Gasteiger partial charge in [-0.25, -0.2) is 0 Å². The van der Waals surface area contributed by atoms with Crippen LogP contribution in [0.4, 0.5) is 0 Å². The average molecular weight is 373 g/mol. The Morgan fingerprint density at radius 3 is 2.48 bits per heavy atom. The van der Waals surface area contributed by atoms with Gasteiger partial charge in [-0.05, 0) is 55.5 Å². The van der Waals surface area contributed by atoms with Crippen molar-refractivity contribution in [2.45, 2.75) is 52.4 Å². The molecule has 1 aliphatic carbocycles. The largest absolute Gasteiger partial charge is 0.497 e. The first-order valence-corrected chi connectivity index (χ1v) is 9.62. The van der Waals surface area contributed by atoms with Crippen LogP contribution in [0.5, 0.6) is 5.75 Å². The van der Waals surface area contributed by atoms with Gasteiger partial charge in [0.25, 0.3) is 0 Å². The molecule has 0 radical (unpaired) electrons. The molecule has 3 atom stereocenters. The summed E-state index contributed by atoms with van der Waals surface area (Å²) < 4.78 is 17.0. The number of ether oxygens (including phenoxy) is 3. The molecule has 4 heteroatoms. The van der Waals surface area contributed by atoms with Crippen LogP contribution in [0.15, 0.2) is 48.1 Å². The molecule has 0 fully saturated rings. The highest BCUT2D eigenvalue weighted by Crippen LogP contribution is 2.29. The van der Waals surface area contributed by atoms with E-state index in [1.807, 2.05) is 37.3 Å². The van der Waals surface area contributed by atoms with Gasteiger partial charge in [0.05, 0.1) is 19.6 Å². The Labute approximate surface area is 163 Å². The summed E-state index contributed by atoms with van der Waals surface area (Å²) in [6, 6.07) is 7.79.